The summed E-state index contributed by atoms with van der Waals surface area (Å²) in [5.41, 5.74) is 1.95. The summed E-state index contributed by atoms with van der Waals surface area (Å²) in [6.07, 6.45) is 0. The van der Waals surface area contributed by atoms with Crippen molar-refractivity contribution in [2.24, 2.45) is 10.1 Å². The third-order valence-corrected chi connectivity index (χ3v) is 4.12. The predicted molar refractivity (Wildman–Crippen MR) is 107 cm³/mol. The molecule has 0 saturated carbocycles. The van der Waals surface area contributed by atoms with E-state index in [0.717, 1.165) is 11.1 Å². The normalized spacial score (nSPS) is 11.5. The quantitative estimate of drug-likeness (QED) is 0.360. The molecule has 2 rings (SSSR count). The highest BCUT2D eigenvalue weighted by Crippen LogP contribution is 2.09. The van der Waals surface area contributed by atoms with Crippen molar-refractivity contribution >= 4 is 40.0 Å². The monoisotopic (exact) mass is 460 g/mol. The Morgan fingerprint density at radius 1 is 1.00 bits per heavy atom. The third-order valence-electron chi connectivity index (χ3n) is 3.21. The minimum absolute atomic E-state index is 0. The van der Waals surface area contributed by atoms with Crippen molar-refractivity contribution in [3.8, 4) is 0 Å². The summed E-state index contributed by atoms with van der Waals surface area (Å²) in [6, 6.07) is 16.5. The Labute approximate surface area is 159 Å². The van der Waals surface area contributed by atoms with Crippen LogP contribution in [0.25, 0.3) is 0 Å². The largest absolute Gasteiger partial charge is 0.352 e. The summed E-state index contributed by atoms with van der Waals surface area (Å²) in [6.45, 7) is 1.09. The zero-order chi connectivity index (χ0) is 16.7. The smallest absolute Gasteiger partial charge is 0.238 e. The molecular formula is C16H21IN4O2S. The van der Waals surface area contributed by atoms with Crippen LogP contribution in [0.5, 0.6) is 0 Å². The molecule has 2 aromatic rings. The van der Waals surface area contributed by atoms with Gasteiger partial charge in [0.2, 0.25) is 10.0 Å². The summed E-state index contributed by atoms with van der Waals surface area (Å²) < 4.78 is 22.7. The number of sulfonamides is 1. The maximum Gasteiger partial charge on any atom is 0.238 e. The molecule has 130 valence electrons. The van der Waals surface area contributed by atoms with Gasteiger partial charge in [0.1, 0.15) is 0 Å². The number of hydrogen-bond donors (Lipinski definition) is 3. The average molecular weight is 460 g/mol. The molecule has 6 nitrogen and oxygen atoms in total. The second-order valence-corrected chi connectivity index (χ2v) is 6.52. The number of nitrogens with one attached hydrogen (secondary N) is 2. The van der Waals surface area contributed by atoms with Crippen LogP contribution >= 0.6 is 24.0 Å². The fourth-order valence-electron chi connectivity index (χ4n) is 2.02. The van der Waals surface area contributed by atoms with Gasteiger partial charge >= 0.3 is 0 Å². The van der Waals surface area contributed by atoms with Crippen molar-refractivity contribution in [3.63, 3.8) is 0 Å². The summed E-state index contributed by atoms with van der Waals surface area (Å²) in [4.78, 5) is 4.24. The Morgan fingerprint density at radius 3 is 2.17 bits per heavy atom. The number of nitrogens with two attached hydrogens (primary N) is 1. The third kappa shape index (κ3) is 6.46. The van der Waals surface area contributed by atoms with Crippen LogP contribution in [0.2, 0.25) is 0 Å². The molecule has 2 aromatic carbocycles. The molecule has 0 aromatic heterocycles. The van der Waals surface area contributed by atoms with Crippen LogP contribution in [-0.4, -0.2) is 21.4 Å². The highest BCUT2D eigenvalue weighted by molar-refractivity contribution is 14.0. The van der Waals surface area contributed by atoms with Crippen LogP contribution in [0.15, 0.2) is 64.5 Å². The number of hydrogen-bond acceptors (Lipinski definition) is 3. The first-order valence-electron chi connectivity index (χ1n) is 7.09. The fraction of sp³-hybridized carbons (Fsp3) is 0.188. The lowest BCUT2D eigenvalue weighted by atomic mass is 10.2. The molecule has 0 radical (unpaired) electrons. The molecule has 0 spiro atoms. The van der Waals surface area contributed by atoms with Crippen molar-refractivity contribution in [3.05, 3.63) is 65.7 Å². The summed E-state index contributed by atoms with van der Waals surface area (Å²) in [5.74, 6) is 0.634. The highest BCUT2D eigenvalue weighted by Gasteiger charge is 2.08. The van der Waals surface area contributed by atoms with E-state index in [4.69, 9.17) is 5.14 Å². The molecule has 0 bridgehead atoms. The van der Waals surface area contributed by atoms with Gasteiger partial charge in [-0.15, -0.1) is 24.0 Å². The van der Waals surface area contributed by atoms with Gasteiger partial charge in [0.25, 0.3) is 0 Å². The molecule has 4 N–H and O–H groups in total. The van der Waals surface area contributed by atoms with Gasteiger partial charge in [-0.3, -0.25) is 4.99 Å². The van der Waals surface area contributed by atoms with E-state index in [-0.39, 0.29) is 28.9 Å². The van der Waals surface area contributed by atoms with Crippen LogP contribution in [0.4, 0.5) is 0 Å². The molecule has 0 heterocycles. The molecular weight excluding hydrogens is 439 g/mol. The van der Waals surface area contributed by atoms with E-state index < -0.39 is 10.0 Å². The molecule has 0 aliphatic carbocycles. The van der Waals surface area contributed by atoms with Crippen molar-refractivity contribution < 1.29 is 8.42 Å². The second-order valence-electron chi connectivity index (χ2n) is 4.96. The van der Waals surface area contributed by atoms with Crippen LogP contribution < -0.4 is 15.8 Å². The Balaban J connectivity index is 0.00000288. The molecule has 0 aliphatic rings. The van der Waals surface area contributed by atoms with Crippen molar-refractivity contribution in [1.29, 1.82) is 0 Å². The molecule has 0 unspecified atom stereocenters. The van der Waals surface area contributed by atoms with Crippen molar-refractivity contribution in [2.75, 3.05) is 7.05 Å². The molecule has 0 aliphatic heterocycles. The highest BCUT2D eigenvalue weighted by atomic mass is 127. The second kappa shape index (κ2) is 9.60. The van der Waals surface area contributed by atoms with E-state index in [1.54, 1.807) is 19.2 Å². The minimum Gasteiger partial charge on any atom is -0.352 e. The van der Waals surface area contributed by atoms with Crippen LogP contribution in [-0.2, 0) is 23.1 Å². The lowest BCUT2D eigenvalue weighted by molar-refractivity contribution is 0.597. The van der Waals surface area contributed by atoms with E-state index in [9.17, 15) is 8.42 Å². The topological polar surface area (TPSA) is 96.6 Å². The van der Waals surface area contributed by atoms with Gasteiger partial charge in [0.15, 0.2) is 5.96 Å². The molecule has 24 heavy (non-hydrogen) atoms. The maximum atomic E-state index is 11.4. The first-order valence-corrected chi connectivity index (χ1v) is 8.64. The van der Waals surface area contributed by atoms with Gasteiger partial charge in [-0.1, -0.05) is 42.5 Å². The number of benzene rings is 2. The van der Waals surface area contributed by atoms with Crippen molar-refractivity contribution in [2.45, 2.75) is 18.0 Å². The van der Waals surface area contributed by atoms with Gasteiger partial charge in [-0.2, -0.15) is 0 Å². The van der Waals surface area contributed by atoms with E-state index in [1.165, 1.54) is 6.07 Å². The Hall–Kier alpha value is -1.65. The van der Waals surface area contributed by atoms with Gasteiger partial charge in [0.05, 0.1) is 4.90 Å². The Kier molecular flexibility index (Phi) is 8.16. The first kappa shape index (κ1) is 20.4. The minimum atomic E-state index is -3.69. The van der Waals surface area contributed by atoms with Crippen LogP contribution in [0.3, 0.4) is 0 Å². The Morgan fingerprint density at radius 2 is 1.58 bits per heavy atom. The average Bonchev–Trinajstić information content (AvgIpc) is 2.55. The molecule has 0 atom stereocenters. The number of guanidine groups is 1. The molecule has 0 amide bonds. The van der Waals surface area contributed by atoms with E-state index >= 15 is 0 Å². The number of primary sulfonamides is 1. The van der Waals surface area contributed by atoms with Crippen LogP contribution in [0.1, 0.15) is 11.1 Å². The maximum absolute atomic E-state index is 11.4. The van der Waals surface area contributed by atoms with Crippen molar-refractivity contribution in [1.82, 2.24) is 10.6 Å². The molecule has 0 saturated heterocycles. The molecule has 0 fully saturated rings. The van der Waals surface area contributed by atoms with E-state index in [2.05, 4.69) is 15.6 Å². The van der Waals surface area contributed by atoms with Gasteiger partial charge in [-0.25, -0.2) is 13.6 Å². The number of halogens is 1. The number of nitrogens with zero attached hydrogens (tertiary/aromatic N) is 1. The Bertz CT molecular complexity index is 780. The molecule has 8 heteroatoms. The van der Waals surface area contributed by atoms with E-state index in [1.807, 2.05) is 36.4 Å². The SMILES string of the molecule is CN=C(NCc1ccccc1)NCc1cccc(S(N)(=O)=O)c1.I. The van der Waals surface area contributed by atoms with E-state index in [0.29, 0.717) is 19.0 Å². The number of aliphatic imine (C=N–C) groups is 1. The summed E-state index contributed by atoms with van der Waals surface area (Å²) >= 11 is 0. The van der Waals surface area contributed by atoms with Gasteiger partial charge < -0.3 is 10.6 Å². The zero-order valence-corrected chi connectivity index (χ0v) is 16.4. The standard InChI is InChI=1S/C16H20N4O2S.HI/c1-18-16(19-11-13-6-3-2-4-7-13)20-12-14-8-5-9-15(10-14)23(17,21)22;/h2-10H,11-12H2,1H3,(H2,17,21,22)(H2,18,19,20);1H. The fourth-order valence-corrected chi connectivity index (χ4v) is 2.60. The lowest BCUT2D eigenvalue weighted by Crippen LogP contribution is -2.36. The lowest BCUT2D eigenvalue weighted by Gasteiger charge is -2.12. The van der Waals surface area contributed by atoms with Crippen LogP contribution in [0, 0.1) is 0 Å². The zero-order valence-electron chi connectivity index (χ0n) is 13.3. The summed E-state index contributed by atoms with van der Waals surface area (Å²) in [7, 11) is -2.01. The number of rotatable bonds is 5. The predicted octanol–water partition coefficient (Wildman–Crippen LogP) is 1.82. The van der Waals surface area contributed by atoms with Gasteiger partial charge in [0, 0.05) is 20.1 Å². The summed E-state index contributed by atoms with van der Waals surface area (Å²) in [5, 5.41) is 11.5. The van der Waals surface area contributed by atoms with Gasteiger partial charge in [-0.05, 0) is 23.3 Å². The first-order chi connectivity index (χ1) is 11.0.